The predicted molar refractivity (Wildman–Crippen MR) is 68.0 cm³/mol. The summed E-state index contributed by atoms with van der Waals surface area (Å²) in [5.41, 5.74) is -0.347. The Morgan fingerprint density at radius 2 is 1.69 bits per heavy atom. The average molecular weight is 356 g/mol. The van der Waals surface area contributed by atoms with Crippen LogP contribution in [0.1, 0.15) is 5.56 Å². The highest BCUT2D eigenvalue weighted by molar-refractivity contribution is 14.2. The molecule has 0 bridgehead atoms. The van der Waals surface area contributed by atoms with Crippen LogP contribution in [0, 0.1) is 22.8 Å². The van der Waals surface area contributed by atoms with Gasteiger partial charge in [0.05, 0.1) is 14.2 Å². The van der Waals surface area contributed by atoms with Gasteiger partial charge in [-0.1, -0.05) is 0 Å². The van der Waals surface area contributed by atoms with Gasteiger partial charge in [-0.25, -0.2) is 8.78 Å². The molecule has 0 spiro atoms. The van der Waals surface area contributed by atoms with E-state index in [1.54, 1.807) is 0 Å². The second-order valence-corrected chi connectivity index (χ2v) is 4.27. The third kappa shape index (κ3) is 2.71. The number of rotatable bonds is 2. The summed E-state index contributed by atoms with van der Waals surface area (Å²) in [5, 5.41) is 2.51. The first kappa shape index (κ1) is 13.4. The van der Waals surface area contributed by atoms with E-state index in [1.807, 2.05) is 21.2 Å². The molecule has 2 nitrogen and oxygen atoms in total. The monoisotopic (exact) mass is 356 g/mol. The van der Waals surface area contributed by atoms with Gasteiger partial charge in [-0.05, 0) is 20.1 Å². The molecule has 1 aromatic rings. The number of hydrogen-bond donors (Lipinski definition) is 0. The van der Waals surface area contributed by atoms with Crippen molar-refractivity contribution in [2.24, 2.45) is 0 Å². The Morgan fingerprint density at radius 3 is 2.06 bits per heavy atom. The van der Waals surface area contributed by atoms with E-state index in [0.717, 1.165) is 15.0 Å². The van der Waals surface area contributed by atoms with E-state index < -0.39 is 11.6 Å². The maximum absolute atomic E-state index is 13.6. The quantitative estimate of drug-likeness (QED) is 0.598. The van der Waals surface area contributed by atoms with Crippen LogP contribution >= 0.6 is 30.1 Å². The summed E-state index contributed by atoms with van der Waals surface area (Å²) in [6.45, 7) is 0. The first-order valence-electron chi connectivity index (χ1n) is 4.04. The summed E-state index contributed by atoms with van der Waals surface area (Å²) in [6, 6.07) is 1.15. The van der Waals surface area contributed by atoms with Gasteiger partial charge in [0.25, 0.3) is 0 Å². The van der Waals surface area contributed by atoms with Crippen LogP contribution in [-0.4, -0.2) is 14.2 Å². The maximum atomic E-state index is 13.6. The number of methoxy groups -OCH3 is 2. The SMILES string of the molecule is COc1cc(OC)c(F)c(C#CSI)c1F. The van der Waals surface area contributed by atoms with Crippen molar-refractivity contribution in [2.75, 3.05) is 14.2 Å². The van der Waals surface area contributed by atoms with Crippen LogP contribution in [0.4, 0.5) is 8.78 Å². The van der Waals surface area contributed by atoms with Gasteiger partial charge in [0, 0.05) is 27.3 Å². The summed E-state index contributed by atoms with van der Waals surface area (Å²) >= 11 is 1.91. The highest BCUT2D eigenvalue weighted by Crippen LogP contribution is 2.30. The molecule has 0 unspecified atom stereocenters. The molecule has 6 heteroatoms. The molecule has 0 saturated heterocycles. The molecule has 0 fully saturated rings. The van der Waals surface area contributed by atoms with E-state index in [1.165, 1.54) is 14.2 Å². The van der Waals surface area contributed by atoms with E-state index >= 15 is 0 Å². The molecular formula is C10H7F2IO2S. The van der Waals surface area contributed by atoms with Gasteiger partial charge >= 0.3 is 0 Å². The third-order valence-corrected chi connectivity index (χ3v) is 2.63. The van der Waals surface area contributed by atoms with Crippen LogP contribution in [0.25, 0.3) is 0 Å². The lowest BCUT2D eigenvalue weighted by atomic mass is 10.2. The fourth-order valence-corrected chi connectivity index (χ4v) is 1.54. The summed E-state index contributed by atoms with van der Waals surface area (Å²) in [6.07, 6.45) is 0. The van der Waals surface area contributed by atoms with Crippen LogP contribution in [0.5, 0.6) is 11.5 Å². The van der Waals surface area contributed by atoms with Crippen molar-refractivity contribution < 1.29 is 18.3 Å². The molecule has 0 aliphatic heterocycles. The number of halogens is 3. The second-order valence-electron chi connectivity index (χ2n) is 2.59. The van der Waals surface area contributed by atoms with E-state index in [9.17, 15) is 8.78 Å². The topological polar surface area (TPSA) is 18.5 Å². The van der Waals surface area contributed by atoms with Crippen molar-refractivity contribution in [3.8, 4) is 22.7 Å². The fraction of sp³-hybridized carbons (Fsp3) is 0.200. The van der Waals surface area contributed by atoms with Crippen molar-refractivity contribution in [1.29, 1.82) is 0 Å². The van der Waals surface area contributed by atoms with E-state index in [-0.39, 0.29) is 17.1 Å². The fourth-order valence-electron chi connectivity index (χ4n) is 1.07. The van der Waals surface area contributed by atoms with Crippen LogP contribution in [0.2, 0.25) is 0 Å². The van der Waals surface area contributed by atoms with E-state index in [0.29, 0.717) is 0 Å². The maximum Gasteiger partial charge on any atom is 0.183 e. The summed E-state index contributed by atoms with van der Waals surface area (Å²) in [4.78, 5) is 0. The molecule has 16 heavy (non-hydrogen) atoms. The number of ether oxygens (including phenoxy) is 2. The summed E-state index contributed by atoms with van der Waals surface area (Å²) in [7, 11) is 3.72. The first-order chi connectivity index (χ1) is 7.65. The molecule has 0 heterocycles. The third-order valence-electron chi connectivity index (χ3n) is 1.79. The molecule has 0 radical (unpaired) electrons. The minimum absolute atomic E-state index is 0.0963. The lowest BCUT2D eigenvalue weighted by molar-refractivity contribution is 0.357. The Hall–Kier alpha value is -0.680. The van der Waals surface area contributed by atoms with Gasteiger partial charge in [-0.15, -0.1) is 0 Å². The minimum atomic E-state index is -0.821. The molecule has 0 aliphatic rings. The Balaban J connectivity index is 3.43. The van der Waals surface area contributed by atoms with Crippen LogP contribution in [0.15, 0.2) is 6.07 Å². The van der Waals surface area contributed by atoms with Crippen LogP contribution in [-0.2, 0) is 0 Å². The van der Waals surface area contributed by atoms with Crippen molar-refractivity contribution in [3.63, 3.8) is 0 Å². The van der Waals surface area contributed by atoms with Gasteiger partial charge in [0.2, 0.25) is 0 Å². The zero-order chi connectivity index (χ0) is 12.1. The second kappa shape index (κ2) is 6.15. The summed E-state index contributed by atoms with van der Waals surface area (Å²) in [5.74, 6) is 0.542. The van der Waals surface area contributed by atoms with Crippen molar-refractivity contribution in [2.45, 2.75) is 0 Å². The van der Waals surface area contributed by atoms with Gasteiger partial charge in [-0.2, -0.15) is 0 Å². The standard InChI is InChI=1S/C10H7F2IO2S/c1-14-7-5-8(15-2)10(12)6(9(7)11)3-4-16-13/h5H,1-2H3. The lowest BCUT2D eigenvalue weighted by Gasteiger charge is -2.08. The van der Waals surface area contributed by atoms with Crippen LogP contribution < -0.4 is 9.47 Å². The summed E-state index contributed by atoms with van der Waals surface area (Å²) < 4.78 is 36.8. The largest absolute Gasteiger partial charge is 0.493 e. The lowest BCUT2D eigenvalue weighted by Crippen LogP contribution is -1.99. The average Bonchev–Trinajstić information content (AvgIpc) is 2.29. The molecular weight excluding hydrogens is 349 g/mol. The smallest absolute Gasteiger partial charge is 0.183 e. The highest BCUT2D eigenvalue weighted by Gasteiger charge is 2.18. The first-order valence-corrected chi connectivity index (χ1v) is 7.40. The molecule has 0 aromatic heterocycles. The van der Waals surface area contributed by atoms with Crippen molar-refractivity contribution in [1.82, 2.24) is 0 Å². The molecule has 0 amide bonds. The van der Waals surface area contributed by atoms with Crippen molar-refractivity contribution in [3.05, 3.63) is 23.3 Å². The zero-order valence-corrected chi connectivity index (χ0v) is 11.4. The molecule has 86 valence electrons. The molecule has 1 aromatic carbocycles. The Bertz CT molecular complexity index is 426. The van der Waals surface area contributed by atoms with E-state index in [2.05, 4.69) is 11.2 Å². The van der Waals surface area contributed by atoms with Crippen LogP contribution in [0.3, 0.4) is 0 Å². The van der Waals surface area contributed by atoms with Gasteiger partial charge < -0.3 is 9.47 Å². The normalized spacial score (nSPS) is 9.31. The molecule has 0 aliphatic carbocycles. The molecule has 0 N–H and O–H groups in total. The number of benzene rings is 1. The predicted octanol–water partition coefficient (Wildman–Crippen LogP) is 3.37. The Morgan fingerprint density at radius 1 is 1.19 bits per heavy atom. The van der Waals surface area contributed by atoms with Gasteiger partial charge in [0.1, 0.15) is 5.56 Å². The van der Waals surface area contributed by atoms with Crippen molar-refractivity contribution >= 4 is 30.1 Å². The molecule has 0 atom stereocenters. The Kier molecular flexibility index (Phi) is 5.15. The van der Waals surface area contributed by atoms with Gasteiger partial charge in [-0.3, -0.25) is 0 Å². The number of hydrogen-bond acceptors (Lipinski definition) is 3. The minimum Gasteiger partial charge on any atom is -0.493 e. The highest BCUT2D eigenvalue weighted by atomic mass is 127. The van der Waals surface area contributed by atoms with Gasteiger partial charge in [0.15, 0.2) is 23.1 Å². The molecule has 0 saturated carbocycles. The zero-order valence-electron chi connectivity index (χ0n) is 8.44. The van der Waals surface area contributed by atoms with E-state index in [4.69, 9.17) is 9.47 Å². The molecule has 1 rings (SSSR count). The Labute approximate surface area is 108 Å².